The van der Waals surface area contributed by atoms with Crippen molar-refractivity contribution in [1.82, 2.24) is 4.90 Å². The second kappa shape index (κ2) is 6.49. The Kier molecular flexibility index (Phi) is 4.90. The Labute approximate surface area is 129 Å². The number of piperazine rings is 1. The Morgan fingerprint density at radius 1 is 1.38 bits per heavy atom. The van der Waals surface area contributed by atoms with Gasteiger partial charge in [0.05, 0.1) is 22.7 Å². The summed E-state index contributed by atoms with van der Waals surface area (Å²) in [5.41, 5.74) is 1.60. The van der Waals surface area contributed by atoms with Crippen LogP contribution in [0.1, 0.15) is 12.5 Å². The van der Waals surface area contributed by atoms with Crippen LogP contribution in [0, 0.1) is 10.1 Å². The molecule has 0 unspecified atom stereocenters. The predicted octanol–water partition coefficient (Wildman–Crippen LogP) is 2.57. The van der Waals surface area contributed by atoms with Gasteiger partial charge in [-0.3, -0.25) is 10.1 Å². The number of nitro groups is 1. The van der Waals surface area contributed by atoms with E-state index in [1.165, 1.54) is 13.2 Å². The maximum absolute atomic E-state index is 11.2. The van der Waals surface area contributed by atoms with Crippen molar-refractivity contribution in [3.8, 4) is 5.75 Å². The van der Waals surface area contributed by atoms with Gasteiger partial charge in [-0.15, -0.1) is 0 Å². The summed E-state index contributed by atoms with van der Waals surface area (Å²) < 4.78 is 5.30. The molecule has 0 radical (unpaired) electrons. The molecule has 0 bridgehead atoms. The van der Waals surface area contributed by atoms with E-state index in [-0.39, 0.29) is 5.69 Å². The van der Waals surface area contributed by atoms with Crippen molar-refractivity contribution in [2.24, 2.45) is 0 Å². The Balaban J connectivity index is 2.52. The molecule has 1 heterocycles. The lowest BCUT2D eigenvalue weighted by atomic mass is 10.1. The number of benzene rings is 1. The first-order valence-electron chi connectivity index (χ1n) is 6.96. The van der Waals surface area contributed by atoms with Crippen LogP contribution in [0.15, 0.2) is 6.07 Å². The Morgan fingerprint density at radius 2 is 2.00 bits per heavy atom. The number of nitro benzene ring substituents is 1. The molecule has 1 aromatic rings. The maximum Gasteiger partial charge on any atom is 0.312 e. The van der Waals surface area contributed by atoms with Gasteiger partial charge in [-0.1, -0.05) is 18.5 Å². The van der Waals surface area contributed by atoms with E-state index in [0.717, 1.165) is 37.4 Å². The van der Waals surface area contributed by atoms with Gasteiger partial charge < -0.3 is 14.5 Å². The van der Waals surface area contributed by atoms with E-state index < -0.39 is 4.92 Å². The van der Waals surface area contributed by atoms with Crippen molar-refractivity contribution in [3.05, 3.63) is 26.8 Å². The monoisotopic (exact) mass is 313 g/mol. The number of methoxy groups -OCH3 is 1. The van der Waals surface area contributed by atoms with Gasteiger partial charge in [-0.05, 0) is 13.5 Å². The topological polar surface area (TPSA) is 58.9 Å². The van der Waals surface area contributed by atoms with Gasteiger partial charge >= 0.3 is 5.69 Å². The van der Waals surface area contributed by atoms with Crippen LogP contribution in [0.3, 0.4) is 0 Å². The minimum atomic E-state index is -0.447. The molecule has 21 heavy (non-hydrogen) atoms. The molecule has 7 heteroatoms. The van der Waals surface area contributed by atoms with Crippen LogP contribution >= 0.6 is 11.6 Å². The van der Waals surface area contributed by atoms with Crippen molar-refractivity contribution in [2.75, 3.05) is 45.2 Å². The van der Waals surface area contributed by atoms with Crippen molar-refractivity contribution < 1.29 is 9.66 Å². The normalized spacial score (nSPS) is 16.1. The summed E-state index contributed by atoms with van der Waals surface area (Å²) in [7, 11) is 3.54. The fraction of sp³-hybridized carbons (Fsp3) is 0.571. The molecule has 6 nitrogen and oxygen atoms in total. The number of hydrogen-bond acceptors (Lipinski definition) is 5. The smallest absolute Gasteiger partial charge is 0.312 e. The van der Waals surface area contributed by atoms with Crippen LogP contribution in [0.2, 0.25) is 5.02 Å². The molecule has 0 saturated carbocycles. The van der Waals surface area contributed by atoms with E-state index in [2.05, 4.69) is 16.8 Å². The Hall–Kier alpha value is -1.53. The molecule has 1 aromatic carbocycles. The zero-order valence-electron chi connectivity index (χ0n) is 12.6. The maximum atomic E-state index is 11.2. The molecule has 2 rings (SSSR count). The second-order valence-electron chi connectivity index (χ2n) is 5.14. The molecular weight excluding hydrogens is 294 g/mol. The zero-order valence-corrected chi connectivity index (χ0v) is 13.3. The molecule has 0 aliphatic carbocycles. The molecule has 0 amide bonds. The van der Waals surface area contributed by atoms with Crippen molar-refractivity contribution in [1.29, 1.82) is 0 Å². The Morgan fingerprint density at radius 3 is 2.48 bits per heavy atom. The quantitative estimate of drug-likeness (QED) is 0.631. The molecular formula is C14H20ClN3O3. The number of ether oxygens (including phenoxy) is 1. The molecule has 0 N–H and O–H groups in total. The average molecular weight is 314 g/mol. The molecule has 1 aliphatic heterocycles. The minimum absolute atomic E-state index is 0.0720. The van der Waals surface area contributed by atoms with Crippen LogP contribution in [0.25, 0.3) is 0 Å². The number of rotatable bonds is 4. The summed E-state index contributed by atoms with van der Waals surface area (Å²) in [6.07, 6.45) is 0.631. The van der Waals surface area contributed by atoms with Crippen LogP contribution in [-0.4, -0.2) is 50.2 Å². The van der Waals surface area contributed by atoms with E-state index >= 15 is 0 Å². The van der Waals surface area contributed by atoms with E-state index in [1.807, 2.05) is 6.92 Å². The van der Waals surface area contributed by atoms with E-state index in [0.29, 0.717) is 17.2 Å². The number of nitrogens with zero attached hydrogens (tertiary/aromatic N) is 3. The summed E-state index contributed by atoms with van der Waals surface area (Å²) >= 11 is 6.34. The van der Waals surface area contributed by atoms with Crippen molar-refractivity contribution in [3.63, 3.8) is 0 Å². The van der Waals surface area contributed by atoms with Gasteiger partial charge in [-0.25, -0.2) is 0 Å². The van der Waals surface area contributed by atoms with Gasteiger partial charge in [-0.2, -0.15) is 0 Å². The predicted molar refractivity (Wildman–Crippen MR) is 83.7 cm³/mol. The highest BCUT2D eigenvalue weighted by Crippen LogP contribution is 2.43. The minimum Gasteiger partial charge on any atom is -0.490 e. The Bertz CT molecular complexity index is 543. The van der Waals surface area contributed by atoms with Gasteiger partial charge in [0.25, 0.3) is 0 Å². The van der Waals surface area contributed by atoms with Gasteiger partial charge in [0, 0.05) is 37.8 Å². The van der Waals surface area contributed by atoms with Gasteiger partial charge in [0.15, 0.2) is 0 Å². The number of anilines is 1. The number of likely N-dealkylation sites (N-methyl/N-ethyl adjacent to an activating group) is 1. The molecule has 1 fully saturated rings. The van der Waals surface area contributed by atoms with Crippen LogP contribution in [-0.2, 0) is 6.42 Å². The van der Waals surface area contributed by atoms with Crippen molar-refractivity contribution in [2.45, 2.75) is 13.3 Å². The first-order valence-corrected chi connectivity index (χ1v) is 7.34. The third kappa shape index (κ3) is 3.06. The zero-order chi connectivity index (χ0) is 15.6. The fourth-order valence-corrected chi connectivity index (χ4v) is 3.06. The lowest BCUT2D eigenvalue weighted by Gasteiger charge is -2.35. The molecule has 1 saturated heterocycles. The SMILES string of the molecule is CCc1c(OC)c([N+](=O)[O-])cc(Cl)c1N1CCN(C)CC1. The molecule has 116 valence electrons. The number of hydrogen-bond donors (Lipinski definition) is 0. The summed E-state index contributed by atoms with van der Waals surface area (Å²) in [5.74, 6) is 0.320. The van der Waals surface area contributed by atoms with Crippen LogP contribution < -0.4 is 9.64 Å². The molecule has 0 aromatic heterocycles. The molecule has 0 atom stereocenters. The standard InChI is InChI=1S/C14H20ClN3O3/c1-4-10-13(17-7-5-16(2)6-8-17)11(15)9-12(18(19)20)14(10)21-3/h9H,4-8H2,1-3H3. The highest BCUT2D eigenvalue weighted by molar-refractivity contribution is 6.33. The lowest BCUT2D eigenvalue weighted by molar-refractivity contribution is -0.385. The molecule has 1 aliphatic rings. The average Bonchev–Trinajstić information content (AvgIpc) is 2.47. The number of halogens is 1. The van der Waals surface area contributed by atoms with Crippen molar-refractivity contribution >= 4 is 23.0 Å². The largest absolute Gasteiger partial charge is 0.490 e. The second-order valence-corrected chi connectivity index (χ2v) is 5.55. The van der Waals surface area contributed by atoms with Crippen LogP contribution in [0.4, 0.5) is 11.4 Å². The van der Waals surface area contributed by atoms with Crippen LogP contribution in [0.5, 0.6) is 5.75 Å². The van der Waals surface area contributed by atoms with Gasteiger partial charge in [0.2, 0.25) is 5.75 Å². The lowest BCUT2D eigenvalue weighted by Crippen LogP contribution is -2.45. The third-order valence-electron chi connectivity index (χ3n) is 3.86. The first-order chi connectivity index (χ1) is 9.99. The third-order valence-corrected chi connectivity index (χ3v) is 4.14. The first kappa shape index (κ1) is 15.9. The summed E-state index contributed by atoms with van der Waals surface area (Å²) in [6.45, 7) is 5.55. The summed E-state index contributed by atoms with van der Waals surface area (Å²) in [4.78, 5) is 15.2. The summed E-state index contributed by atoms with van der Waals surface area (Å²) in [5, 5.41) is 11.6. The summed E-state index contributed by atoms with van der Waals surface area (Å²) in [6, 6.07) is 1.40. The van der Waals surface area contributed by atoms with E-state index in [4.69, 9.17) is 16.3 Å². The van der Waals surface area contributed by atoms with Gasteiger partial charge in [0.1, 0.15) is 0 Å². The van der Waals surface area contributed by atoms with E-state index in [1.54, 1.807) is 0 Å². The molecule has 0 spiro atoms. The highest BCUT2D eigenvalue weighted by Gasteiger charge is 2.28. The van der Waals surface area contributed by atoms with E-state index in [9.17, 15) is 10.1 Å². The highest BCUT2D eigenvalue weighted by atomic mass is 35.5. The fourth-order valence-electron chi connectivity index (χ4n) is 2.72.